The van der Waals surface area contributed by atoms with Crippen molar-refractivity contribution in [3.8, 4) is 0 Å². The summed E-state index contributed by atoms with van der Waals surface area (Å²) in [5.74, 6) is 5.99. The van der Waals surface area contributed by atoms with E-state index in [-0.39, 0.29) is 0 Å². The molecule has 0 aliphatic heterocycles. The molecule has 0 aromatic rings. The lowest BCUT2D eigenvalue weighted by molar-refractivity contribution is -0.0850. The van der Waals surface area contributed by atoms with Gasteiger partial charge in [0.25, 0.3) is 0 Å². The second-order valence-corrected chi connectivity index (χ2v) is 12.1. The van der Waals surface area contributed by atoms with Gasteiger partial charge in [-0.25, -0.2) is 0 Å². The van der Waals surface area contributed by atoms with E-state index in [9.17, 15) is 5.11 Å². The molecule has 4 aliphatic carbocycles. The van der Waals surface area contributed by atoms with Gasteiger partial charge in [0.05, 0.1) is 5.76 Å². The molecule has 8 unspecified atom stereocenters. The maximum atomic E-state index is 10.6. The summed E-state index contributed by atoms with van der Waals surface area (Å²) in [6.07, 6.45) is 15.2. The molecule has 4 saturated carbocycles. The molecule has 3 heteroatoms. The summed E-state index contributed by atoms with van der Waals surface area (Å²) in [5.41, 5.74) is 0. The maximum absolute atomic E-state index is 10.6. The van der Waals surface area contributed by atoms with Crippen LogP contribution in [0.1, 0.15) is 98.3 Å². The number of nitrogens with zero attached hydrogens (tertiary/aromatic N) is 2. The van der Waals surface area contributed by atoms with Crippen LogP contribution in [0.25, 0.3) is 0 Å². The van der Waals surface area contributed by atoms with Gasteiger partial charge in [-0.3, -0.25) is 0 Å². The molecule has 4 aliphatic rings. The fraction of sp³-hybridized carbons (Fsp3) is 0.933. The van der Waals surface area contributed by atoms with Crippen LogP contribution in [0.5, 0.6) is 0 Å². The predicted molar refractivity (Wildman–Crippen MR) is 140 cm³/mol. The number of allylic oxidation sites excluding steroid dienone is 1. The molecule has 0 saturated heterocycles. The van der Waals surface area contributed by atoms with Crippen molar-refractivity contribution in [1.82, 2.24) is 9.80 Å². The van der Waals surface area contributed by atoms with Crippen LogP contribution in [0, 0.1) is 41.4 Å². The zero-order valence-corrected chi connectivity index (χ0v) is 22.4. The zero-order valence-electron chi connectivity index (χ0n) is 22.4. The summed E-state index contributed by atoms with van der Waals surface area (Å²) in [6, 6.07) is 1.60. The highest BCUT2D eigenvalue weighted by molar-refractivity contribution is 5.06. The maximum Gasteiger partial charge on any atom is 0.0884 e. The lowest BCUT2D eigenvalue weighted by Gasteiger charge is -2.58. The molecule has 0 radical (unpaired) electrons. The van der Waals surface area contributed by atoms with Gasteiger partial charge in [-0.05, 0) is 119 Å². The van der Waals surface area contributed by atoms with E-state index >= 15 is 0 Å². The molecule has 0 amide bonds. The van der Waals surface area contributed by atoms with Gasteiger partial charge < -0.3 is 14.9 Å². The summed E-state index contributed by atoms with van der Waals surface area (Å²) in [5, 5.41) is 10.6. The van der Waals surface area contributed by atoms with Crippen molar-refractivity contribution >= 4 is 0 Å². The lowest BCUT2D eigenvalue weighted by Crippen LogP contribution is -2.53. The molecular formula is C30H54N2O. The van der Waals surface area contributed by atoms with E-state index in [2.05, 4.69) is 44.1 Å². The average Bonchev–Trinajstić information content (AvgIpc) is 2.84. The number of aliphatic hydroxyl groups excluding tert-OH is 1. The third kappa shape index (κ3) is 5.20. The van der Waals surface area contributed by atoms with Crippen LogP contribution in [0.3, 0.4) is 0 Å². The Morgan fingerprint density at radius 1 is 0.667 bits per heavy atom. The van der Waals surface area contributed by atoms with Gasteiger partial charge in [0.2, 0.25) is 0 Å². The topological polar surface area (TPSA) is 26.7 Å². The minimum absolute atomic E-state index is 0.365. The van der Waals surface area contributed by atoms with Gasteiger partial charge in [-0.1, -0.05) is 47.1 Å². The molecule has 190 valence electrons. The molecule has 4 fully saturated rings. The SMILES string of the molecule is C=C(O)C1CCCCC1C1C2CCC(N(CC)CC)CC2CC2CC(N(CC)CC)CCC21. The number of hydrogen-bond acceptors (Lipinski definition) is 3. The molecule has 0 aromatic heterocycles. The molecule has 1 N–H and O–H groups in total. The molecule has 8 atom stereocenters. The normalized spacial score (nSPS) is 41.6. The van der Waals surface area contributed by atoms with Gasteiger partial charge in [-0.2, -0.15) is 0 Å². The summed E-state index contributed by atoms with van der Waals surface area (Å²) in [4.78, 5) is 5.49. The van der Waals surface area contributed by atoms with Crippen LogP contribution in [0.2, 0.25) is 0 Å². The van der Waals surface area contributed by atoms with Crippen molar-refractivity contribution in [2.24, 2.45) is 41.4 Å². The van der Waals surface area contributed by atoms with Crippen molar-refractivity contribution < 1.29 is 5.11 Å². The first kappa shape index (κ1) is 25.5. The van der Waals surface area contributed by atoms with Gasteiger partial charge in [0.15, 0.2) is 0 Å². The van der Waals surface area contributed by atoms with E-state index < -0.39 is 0 Å². The highest BCUT2D eigenvalue weighted by Gasteiger charge is 2.52. The highest BCUT2D eigenvalue weighted by Crippen LogP contribution is 2.59. The van der Waals surface area contributed by atoms with E-state index in [1.54, 1.807) is 0 Å². The van der Waals surface area contributed by atoms with Crippen LogP contribution in [0.15, 0.2) is 12.3 Å². The Hall–Kier alpha value is -0.540. The molecule has 0 bridgehead atoms. The summed E-state index contributed by atoms with van der Waals surface area (Å²) in [7, 11) is 0. The molecule has 3 nitrogen and oxygen atoms in total. The van der Waals surface area contributed by atoms with Crippen LogP contribution in [-0.4, -0.2) is 53.2 Å². The van der Waals surface area contributed by atoms with Gasteiger partial charge in [0.1, 0.15) is 0 Å². The van der Waals surface area contributed by atoms with E-state index in [0.717, 1.165) is 41.7 Å². The third-order valence-corrected chi connectivity index (χ3v) is 11.0. The fourth-order valence-corrected chi connectivity index (χ4v) is 9.60. The minimum Gasteiger partial charge on any atom is -0.513 e. The summed E-state index contributed by atoms with van der Waals surface area (Å²) < 4.78 is 0. The second kappa shape index (κ2) is 11.5. The molecule has 33 heavy (non-hydrogen) atoms. The average molecular weight is 459 g/mol. The second-order valence-electron chi connectivity index (χ2n) is 12.1. The Balaban J connectivity index is 1.60. The molecule has 0 spiro atoms. The minimum atomic E-state index is 0.365. The molecule has 4 rings (SSSR count). The predicted octanol–water partition coefficient (Wildman–Crippen LogP) is 7.14. The molecular weight excluding hydrogens is 404 g/mol. The van der Waals surface area contributed by atoms with Crippen LogP contribution in [-0.2, 0) is 0 Å². The van der Waals surface area contributed by atoms with E-state index in [1.807, 2.05) is 0 Å². The molecule has 0 heterocycles. The number of fused-ring (bicyclic) bond motifs is 2. The van der Waals surface area contributed by atoms with Crippen molar-refractivity contribution in [2.45, 2.75) is 110 Å². The van der Waals surface area contributed by atoms with Crippen LogP contribution >= 0.6 is 0 Å². The Morgan fingerprint density at radius 2 is 1.15 bits per heavy atom. The first-order valence-corrected chi connectivity index (χ1v) is 14.9. The number of rotatable bonds is 8. The fourth-order valence-electron chi connectivity index (χ4n) is 9.60. The van der Waals surface area contributed by atoms with Crippen molar-refractivity contribution in [1.29, 1.82) is 0 Å². The summed E-state index contributed by atoms with van der Waals surface area (Å²) >= 11 is 0. The standard InChI is InChI=1S/C30H54N2O/c1-6-31(7-2)24-14-16-27-22(19-24)18-23-20-25(32(8-3)9-4)15-17-28(23)30(27)29-13-11-10-12-26(29)21(5)33/h22-30,33H,5-20H2,1-4H3. The van der Waals surface area contributed by atoms with Crippen LogP contribution in [0.4, 0.5) is 0 Å². The molecule has 0 aromatic carbocycles. The zero-order chi connectivity index (χ0) is 23.5. The van der Waals surface area contributed by atoms with Gasteiger partial charge in [0, 0.05) is 18.0 Å². The van der Waals surface area contributed by atoms with Crippen LogP contribution < -0.4 is 0 Å². The van der Waals surface area contributed by atoms with E-state index in [4.69, 9.17) is 0 Å². The first-order chi connectivity index (χ1) is 16.0. The summed E-state index contributed by atoms with van der Waals surface area (Å²) in [6.45, 7) is 18.3. The van der Waals surface area contributed by atoms with E-state index in [1.165, 1.54) is 96.8 Å². The largest absolute Gasteiger partial charge is 0.513 e. The monoisotopic (exact) mass is 458 g/mol. The number of aliphatic hydroxyl groups is 1. The number of hydrogen-bond donors (Lipinski definition) is 1. The van der Waals surface area contributed by atoms with Gasteiger partial charge >= 0.3 is 0 Å². The highest BCUT2D eigenvalue weighted by atomic mass is 16.3. The smallest absolute Gasteiger partial charge is 0.0884 e. The van der Waals surface area contributed by atoms with Crippen molar-refractivity contribution in [2.75, 3.05) is 26.2 Å². The Kier molecular flexibility index (Phi) is 8.88. The van der Waals surface area contributed by atoms with Gasteiger partial charge in [-0.15, -0.1) is 0 Å². The van der Waals surface area contributed by atoms with Crippen molar-refractivity contribution in [3.63, 3.8) is 0 Å². The Labute approximate surface area is 205 Å². The van der Waals surface area contributed by atoms with E-state index in [0.29, 0.717) is 17.6 Å². The van der Waals surface area contributed by atoms with Crippen molar-refractivity contribution in [3.05, 3.63) is 12.3 Å². The third-order valence-electron chi connectivity index (χ3n) is 11.0. The Morgan fingerprint density at radius 3 is 1.61 bits per heavy atom. The lowest BCUT2D eigenvalue weighted by atomic mass is 9.49. The quantitative estimate of drug-likeness (QED) is 0.392. The first-order valence-electron chi connectivity index (χ1n) is 14.9. The Bertz CT molecular complexity index is 591.